The van der Waals surface area contributed by atoms with Crippen molar-refractivity contribution in [2.24, 2.45) is 0 Å². The standard InChI is InChI=1S/C29H33N3O5/c33-19-21-5-7-22(8-6-21)27-14-26(18-32-13-11-25(34)17-32)36-29(37-27)23-9-3-20(4-10-23)15-31-28(35)24-2-1-12-30-16-24/h1-10,12,16,25-27,29,33-34H,11,13-15,17-19H2,(H,31,35). The first kappa shape index (κ1) is 25.5. The Balaban J connectivity index is 1.26. The van der Waals surface area contributed by atoms with Gasteiger partial charge in [-0.1, -0.05) is 48.5 Å². The van der Waals surface area contributed by atoms with Crippen LogP contribution in [0.15, 0.2) is 73.1 Å². The molecule has 1 aromatic heterocycles. The van der Waals surface area contributed by atoms with Crippen LogP contribution in [0.2, 0.25) is 0 Å². The molecule has 0 radical (unpaired) electrons. The van der Waals surface area contributed by atoms with Crippen LogP contribution in [0.1, 0.15) is 57.8 Å². The molecule has 2 aliphatic heterocycles. The molecule has 3 N–H and O–H groups in total. The number of β-amino-alcohol motifs (C(OH)–C–C–N with tert-alkyl or cyclic N) is 1. The number of benzene rings is 2. The van der Waals surface area contributed by atoms with Crippen molar-refractivity contribution in [2.45, 2.75) is 50.6 Å². The number of hydrogen-bond acceptors (Lipinski definition) is 7. The summed E-state index contributed by atoms with van der Waals surface area (Å²) in [6.45, 7) is 2.68. The lowest BCUT2D eigenvalue weighted by Gasteiger charge is -2.37. The van der Waals surface area contributed by atoms with Gasteiger partial charge in [-0.25, -0.2) is 0 Å². The molecule has 3 aromatic rings. The number of nitrogens with zero attached hydrogens (tertiary/aromatic N) is 2. The van der Waals surface area contributed by atoms with Crippen LogP contribution in [-0.4, -0.2) is 57.8 Å². The molecular formula is C29H33N3O5. The van der Waals surface area contributed by atoms with Gasteiger partial charge in [-0.05, 0) is 35.2 Å². The van der Waals surface area contributed by atoms with E-state index in [1.54, 1.807) is 24.5 Å². The number of hydrogen-bond donors (Lipinski definition) is 3. The van der Waals surface area contributed by atoms with Crippen molar-refractivity contribution in [2.75, 3.05) is 19.6 Å². The van der Waals surface area contributed by atoms with Gasteiger partial charge >= 0.3 is 0 Å². The highest BCUT2D eigenvalue weighted by Crippen LogP contribution is 2.38. The van der Waals surface area contributed by atoms with E-state index >= 15 is 0 Å². The number of pyridine rings is 1. The zero-order chi connectivity index (χ0) is 25.6. The Morgan fingerprint density at radius 2 is 1.78 bits per heavy atom. The summed E-state index contributed by atoms with van der Waals surface area (Å²) in [6.07, 6.45) is 3.67. The Bertz CT molecular complexity index is 1160. The molecule has 2 aromatic carbocycles. The van der Waals surface area contributed by atoms with Crippen molar-refractivity contribution in [3.63, 3.8) is 0 Å². The van der Waals surface area contributed by atoms with Crippen molar-refractivity contribution in [3.05, 3.63) is 101 Å². The second kappa shape index (κ2) is 11.9. The summed E-state index contributed by atoms with van der Waals surface area (Å²) in [5.74, 6) is -0.166. The Morgan fingerprint density at radius 3 is 2.46 bits per heavy atom. The third-order valence-corrected chi connectivity index (χ3v) is 6.95. The van der Waals surface area contributed by atoms with Crippen LogP contribution in [0.5, 0.6) is 0 Å². The first-order chi connectivity index (χ1) is 18.1. The van der Waals surface area contributed by atoms with Gasteiger partial charge in [-0.15, -0.1) is 0 Å². The summed E-state index contributed by atoms with van der Waals surface area (Å²) in [6, 6.07) is 19.2. The fourth-order valence-electron chi connectivity index (χ4n) is 4.87. The molecular weight excluding hydrogens is 470 g/mol. The second-order valence-electron chi connectivity index (χ2n) is 9.72. The molecule has 0 spiro atoms. The lowest BCUT2D eigenvalue weighted by molar-refractivity contribution is -0.252. The number of carbonyl (C=O) groups excluding carboxylic acids is 1. The minimum atomic E-state index is -0.534. The minimum Gasteiger partial charge on any atom is -0.392 e. The molecule has 4 atom stereocenters. The zero-order valence-corrected chi connectivity index (χ0v) is 20.7. The number of aliphatic hydroxyl groups is 2. The molecule has 194 valence electrons. The van der Waals surface area contributed by atoms with E-state index in [0.29, 0.717) is 25.1 Å². The van der Waals surface area contributed by atoms with E-state index in [0.717, 1.165) is 41.8 Å². The zero-order valence-electron chi connectivity index (χ0n) is 20.7. The number of rotatable bonds is 8. The maximum Gasteiger partial charge on any atom is 0.253 e. The molecule has 2 fully saturated rings. The first-order valence-corrected chi connectivity index (χ1v) is 12.8. The highest BCUT2D eigenvalue weighted by atomic mass is 16.7. The second-order valence-corrected chi connectivity index (χ2v) is 9.72. The van der Waals surface area contributed by atoms with Crippen LogP contribution in [-0.2, 0) is 22.6 Å². The van der Waals surface area contributed by atoms with Gasteiger partial charge in [0, 0.05) is 50.6 Å². The van der Waals surface area contributed by atoms with Crippen LogP contribution in [0, 0.1) is 0 Å². The fourth-order valence-corrected chi connectivity index (χ4v) is 4.87. The lowest BCUT2D eigenvalue weighted by atomic mass is 9.99. The average Bonchev–Trinajstić information content (AvgIpc) is 3.36. The first-order valence-electron chi connectivity index (χ1n) is 12.8. The summed E-state index contributed by atoms with van der Waals surface area (Å²) in [5, 5.41) is 22.3. The van der Waals surface area contributed by atoms with Gasteiger partial charge in [-0.3, -0.25) is 14.7 Å². The van der Waals surface area contributed by atoms with Crippen molar-refractivity contribution < 1.29 is 24.5 Å². The minimum absolute atomic E-state index is 0.00644. The van der Waals surface area contributed by atoms with E-state index in [1.165, 1.54) is 0 Å². The molecule has 2 saturated heterocycles. The van der Waals surface area contributed by atoms with Gasteiger partial charge in [0.25, 0.3) is 5.91 Å². The van der Waals surface area contributed by atoms with E-state index in [9.17, 15) is 15.0 Å². The van der Waals surface area contributed by atoms with Crippen LogP contribution in [0.25, 0.3) is 0 Å². The molecule has 2 aliphatic rings. The van der Waals surface area contributed by atoms with Gasteiger partial charge in [-0.2, -0.15) is 0 Å². The summed E-state index contributed by atoms with van der Waals surface area (Å²) in [4.78, 5) is 18.6. The molecule has 3 heterocycles. The van der Waals surface area contributed by atoms with E-state index < -0.39 is 6.29 Å². The number of likely N-dealkylation sites (tertiary alicyclic amines) is 1. The Kier molecular flexibility index (Phi) is 8.23. The molecule has 4 unspecified atom stereocenters. The quantitative estimate of drug-likeness (QED) is 0.434. The largest absolute Gasteiger partial charge is 0.392 e. The van der Waals surface area contributed by atoms with Crippen molar-refractivity contribution in [3.8, 4) is 0 Å². The van der Waals surface area contributed by atoms with E-state index in [2.05, 4.69) is 15.2 Å². The number of nitrogens with one attached hydrogen (secondary N) is 1. The Hall–Kier alpha value is -3.14. The summed E-state index contributed by atoms with van der Waals surface area (Å²) >= 11 is 0. The van der Waals surface area contributed by atoms with Gasteiger partial charge in [0.05, 0.1) is 30.5 Å². The Labute approximate surface area is 216 Å². The molecule has 8 heteroatoms. The number of ether oxygens (including phenoxy) is 2. The third-order valence-electron chi connectivity index (χ3n) is 6.95. The number of aromatic nitrogens is 1. The van der Waals surface area contributed by atoms with Gasteiger partial charge in [0.15, 0.2) is 6.29 Å². The maximum absolute atomic E-state index is 12.3. The highest BCUT2D eigenvalue weighted by Gasteiger charge is 2.34. The smallest absolute Gasteiger partial charge is 0.253 e. The van der Waals surface area contributed by atoms with E-state index in [-0.39, 0.29) is 30.8 Å². The topological polar surface area (TPSA) is 104 Å². The molecule has 0 aliphatic carbocycles. The van der Waals surface area contributed by atoms with Crippen LogP contribution in [0.4, 0.5) is 0 Å². The average molecular weight is 504 g/mol. The molecule has 37 heavy (non-hydrogen) atoms. The molecule has 5 rings (SSSR count). The summed E-state index contributed by atoms with van der Waals surface area (Å²) in [7, 11) is 0. The third kappa shape index (κ3) is 6.60. The highest BCUT2D eigenvalue weighted by molar-refractivity contribution is 5.93. The molecule has 0 saturated carbocycles. The van der Waals surface area contributed by atoms with E-state index in [1.807, 2.05) is 48.5 Å². The molecule has 0 bridgehead atoms. The molecule has 1 amide bonds. The SMILES string of the molecule is O=C(NCc1ccc(C2OC(CN3CCC(O)C3)CC(c3ccc(CO)cc3)O2)cc1)c1cccnc1. The molecule has 8 nitrogen and oxygen atoms in total. The van der Waals surface area contributed by atoms with E-state index in [4.69, 9.17) is 9.47 Å². The number of carbonyl (C=O) groups is 1. The fraction of sp³-hybridized carbons (Fsp3) is 0.379. The lowest BCUT2D eigenvalue weighted by Crippen LogP contribution is -2.38. The predicted octanol–water partition coefficient (Wildman–Crippen LogP) is 3.12. The van der Waals surface area contributed by atoms with Crippen LogP contribution >= 0.6 is 0 Å². The van der Waals surface area contributed by atoms with Crippen molar-refractivity contribution in [1.29, 1.82) is 0 Å². The number of amides is 1. The summed E-state index contributed by atoms with van der Waals surface area (Å²) < 4.78 is 12.8. The predicted molar refractivity (Wildman–Crippen MR) is 137 cm³/mol. The normalized spacial score (nSPS) is 24.2. The Morgan fingerprint density at radius 1 is 1.03 bits per heavy atom. The number of aliphatic hydroxyl groups excluding tert-OH is 2. The maximum atomic E-state index is 12.3. The van der Waals surface area contributed by atoms with Crippen LogP contribution < -0.4 is 5.32 Å². The van der Waals surface area contributed by atoms with Crippen LogP contribution in [0.3, 0.4) is 0 Å². The summed E-state index contributed by atoms with van der Waals surface area (Å²) in [5.41, 5.74) is 4.31. The van der Waals surface area contributed by atoms with Crippen molar-refractivity contribution >= 4 is 5.91 Å². The monoisotopic (exact) mass is 503 g/mol. The van der Waals surface area contributed by atoms with Crippen molar-refractivity contribution in [1.82, 2.24) is 15.2 Å². The van der Waals surface area contributed by atoms with Gasteiger partial charge < -0.3 is 25.0 Å². The van der Waals surface area contributed by atoms with Gasteiger partial charge in [0.2, 0.25) is 0 Å². The van der Waals surface area contributed by atoms with Gasteiger partial charge in [0.1, 0.15) is 0 Å².